The molecule has 1 amide bonds. The summed E-state index contributed by atoms with van der Waals surface area (Å²) < 4.78 is 5.44. The number of piperazine rings is 1. The molecule has 0 aromatic heterocycles. The molecule has 0 atom stereocenters. The Balaban J connectivity index is 1.52. The zero-order valence-electron chi connectivity index (χ0n) is 14.8. The number of nitrogens with zero attached hydrogens (tertiary/aromatic N) is 3. The lowest BCUT2D eigenvalue weighted by Crippen LogP contribution is -2.44. The monoisotopic (exact) mass is 350 g/mol. The fraction of sp³-hybridized carbons (Fsp3) is 0.300. The van der Waals surface area contributed by atoms with Gasteiger partial charge in [-0.3, -0.25) is 4.79 Å². The zero-order valence-corrected chi connectivity index (χ0v) is 14.8. The number of hydrogen-bond donors (Lipinski definition) is 1. The number of benzene rings is 2. The largest absolute Gasteiger partial charge is 0.482 e. The second-order valence-electron chi connectivity index (χ2n) is 6.28. The van der Waals surface area contributed by atoms with Crippen molar-refractivity contribution in [2.75, 3.05) is 50.1 Å². The first kappa shape index (κ1) is 17.8. The molecule has 0 radical (unpaired) electrons. The second-order valence-corrected chi connectivity index (χ2v) is 6.28. The molecule has 3 rings (SSSR count). The van der Waals surface area contributed by atoms with Crippen LogP contribution in [0.3, 0.4) is 0 Å². The lowest BCUT2D eigenvalue weighted by molar-refractivity contribution is -0.118. The van der Waals surface area contributed by atoms with Gasteiger partial charge in [0, 0.05) is 37.6 Å². The van der Waals surface area contributed by atoms with Gasteiger partial charge in [-0.1, -0.05) is 12.1 Å². The molecule has 1 saturated heterocycles. The van der Waals surface area contributed by atoms with E-state index in [-0.39, 0.29) is 12.5 Å². The Hall–Kier alpha value is -3.04. The topological polar surface area (TPSA) is 68.6 Å². The van der Waals surface area contributed by atoms with Gasteiger partial charge in [-0.2, -0.15) is 5.26 Å². The van der Waals surface area contributed by atoms with Crippen LogP contribution in [0.5, 0.6) is 5.75 Å². The van der Waals surface area contributed by atoms with Crippen molar-refractivity contribution >= 4 is 17.3 Å². The minimum atomic E-state index is -0.259. The second kappa shape index (κ2) is 8.37. The number of likely N-dealkylation sites (N-methyl/N-ethyl adjacent to an activating group) is 1. The fourth-order valence-corrected chi connectivity index (χ4v) is 2.85. The van der Waals surface area contributed by atoms with Gasteiger partial charge in [-0.05, 0) is 43.4 Å². The number of ether oxygens (including phenoxy) is 1. The minimum Gasteiger partial charge on any atom is -0.482 e. The molecule has 1 N–H and O–H groups in total. The standard InChI is InChI=1S/C20H22N4O2/c1-23-10-12-24(13-11-23)18-8-6-17(7-9-18)22-20(25)15-26-19-5-3-2-4-16(19)14-21/h2-9H,10-13,15H2,1H3,(H,22,25). The molecule has 26 heavy (non-hydrogen) atoms. The molecule has 6 heteroatoms. The highest BCUT2D eigenvalue weighted by Gasteiger charge is 2.14. The molecular formula is C20H22N4O2. The van der Waals surface area contributed by atoms with Gasteiger partial charge < -0.3 is 19.9 Å². The number of amides is 1. The Morgan fingerprint density at radius 1 is 1.12 bits per heavy atom. The Bertz CT molecular complexity index is 790. The molecule has 2 aromatic rings. The molecule has 1 fully saturated rings. The van der Waals surface area contributed by atoms with Gasteiger partial charge in [0.15, 0.2) is 6.61 Å². The molecule has 0 saturated carbocycles. The van der Waals surface area contributed by atoms with E-state index in [9.17, 15) is 4.79 Å². The van der Waals surface area contributed by atoms with Crippen LogP contribution in [0, 0.1) is 11.3 Å². The summed E-state index contributed by atoms with van der Waals surface area (Å²) in [5, 5.41) is 11.8. The molecule has 1 aliphatic heterocycles. The maximum Gasteiger partial charge on any atom is 0.262 e. The molecule has 6 nitrogen and oxygen atoms in total. The number of rotatable bonds is 5. The third-order valence-corrected chi connectivity index (χ3v) is 4.39. The van der Waals surface area contributed by atoms with E-state index in [0.717, 1.165) is 37.6 Å². The molecule has 0 aliphatic carbocycles. The average Bonchev–Trinajstić information content (AvgIpc) is 2.68. The molecule has 2 aromatic carbocycles. The van der Waals surface area contributed by atoms with Gasteiger partial charge in [0.2, 0.25) is 0 Å². The molecule has 0 unspecified atom stereocenters. The highest BCUT2D eigenvalue weighted by atomic mass is 16.5. The van der Waals surface area contributed by atoms with Crippen LogP contribution >= 0.6 is 0 Å². The highest BCUT2D eigenvalue weighted by molar-refractivity contribution is 5.92. The summed E-state index contributed by atoms with van der Waals surface area (Å²) in [7, 11) is 2.13. The van der Waals surface area contributed by atoms with Crippen molar-refractivity contribution in [2.24, 2.45) is 0 Å². The summed E-state index contributed by atoms with van der Waals surface area (Å²) >= 11 is 0. The predicted molar refractivity (Wildman–Crippen MR) is 101 cm³/mol. The first-order valence-electron chi connectivity index (χ1n) is 8.61. The number of hydrogen-bond acceptors (Lipinski definition) is 5. The van der Waals surface area contributed by atoms with E-state index in [4.69, 9.17) is 10.00 Å². The average molecular weight is 350 g/mol. The molecule has 134 valence electrons. The number of nitriles is 1. The van der Waals surface area contributed by atoms with E-state index < -0.39 is 0 Å². The van der Waals surface area contributed by atoms with E-state index >= 15 is 0 Å². The number of para-hydroxylation sites is 1. The number of carbonyl (C=O) groups is 1. The van der Waals surface area contributed by atoms with Crippen LogP contribution in [0.15, 0.2) is 48.5 Å². The Kier molecular flexibility index (Phi) is 5.72. The van der Waals surface area contributed by atoms with Crippen LogP contribution in [-0.4, -0.2) is 50.6 Å². The first-order valence-corrected chi connectivity index (χ1v) is 8.61. The van der Waals surface area contributed by atoms with Crippen molar-refractivity contribution in [3.63, 3.8) is 0 Å². The van der Waals surface area contributed by atoms with E-state index in [0.29, 0.717) is 11.3 Å². The van der Waals surface area contributed by atoms with Crippen LogP contribution < -0.4 is 15.0 Å². The van der Waals surface area contributed by atoms with E-state index in [2.05, 4.69) is 22.2 Å². The van der Waals surface area contributed by atoms with Gasteiger partial charge in [0.1, 0.15) is 11.8 Å². The third-order valence-electron chi connectivity index (χ3n) is 4.39. The lowest BCUT2D eigenvalue weighted by Gasteiger charge is -2.34. The summed E-state index contributed by atoms with van der Waals surface area (Å²) in [6.45, 7) is 3.99. The SMILES string of the molecule is CN1CCN(c2ccc(NC(=O)COc3ccccc3C#N)cc2)CC1. The molecular weight excluding hydrogens is 328 g/mol. The quantitative estimate of drug-likeness (QED) is 0.896. The molecule has 1 heterocycles. The first-order chi connectivity index (χ1) is 12.7. The fourth-order valence-electron chi connectivity index (χ4n) is 2.85. The van der Waals surface area contributed by atoms with Gasteiger partial charge in [-0.25, -0.2) is 0 Å². The van der Waals surface area contributed by atoms with E-state index in [1.165, 1.54) is 0 Å². The summed E-state index contributed by atoms with van der Waals surface area (Å²) in [6.07, 6.45) is 0. The van der Waals surface area contributed by atoms with Gasteiger partial charge in [-0.15, -0.1) is 0 Å². The summed E-state index contributed by atoms with van der Waals surface area (Å²) in [5.74, 6) is 0.153. The van der Waals surface area contributed by atoms with Crippen LogP contribution in [0.25, 0.3) is 0 Å². The van der Waals surface area contributed by atoms with Gasteiger partial charge in [0.25, 0.3) is 5.91 Å². The van der Waals surface area contributed by atoms with Crippen molar-refractivity contribution in [1.82, 2.24) is 4.90 Å². The van der Waals surface area contributed by atoms with Gasteiger partial charge >= 0.3 is 0 Å². The number of carbonyl (C=O) groups excluding carboxylic acids is 1. The van der Waals surface area contributed by atoms with Crippen molar-refractivity contribution in [1.29, 1.82) is 5.26 Å². The number of nitrogens with one attached hydrogen (secondary N) is 1. The van der Waals surface area contributed by atoms with Crippen molar-refractivity contribution in [2.45, 2.75) is 0 Å². The van der Waals surface area contributed by atoms with Crippen molar-refractivity contribution in [3.05, 3.63) is 54.1 Å². The lowest BCUT2D eigenvalue weighted by atomic mass is 10.2. The maximum absolute atomic E-state index is 12.1. The van der Waals surface area contributed by atoms with E-state index in [1.807, 2.05) is 30.3 Å². The van der Waals surface area contributed by atoms with Crippen LogP contribution in [0.1, 0.15) is 5.56 Å². The van der Waals surface area contributed by atoms with E-state index in [1.54, 1.807) is 24.3 Å². The summed E-state index contributed by atoms with van der Waals surface area (Å²) in [6, 6.07) is 16.7. The summed E-state index contributed by atoms with van der Waals surface area (Å²) in [5.41, 5.74) is 2.30. The van der Waals surface area contributed by atoms with Crippen LogP contribution in [0.2, 0.25) is 0 Å². The zero-order chi connectivity index (χ0) is 18.4. The van der Waals surface area contributed by atoms with Crippen LogP contribution in [-0.2, 0) is 4.79 Å². The predicted octanol–water partition coefficient (Wildman–Crippen LogP) is 2.33. The molecule has 0 spiro atoms. The minimum absolute atomic E-state index is 0.140. The Labute approximate surface area is 153 Å². The Morgan fingerprint density at radius 3 is 2.50 bits per heavy atom. The van der Waals surface area contributed by atoms with Crippen molar-refractivity contribution < 1.29 is 9.53 Å². The van der Waals surface area contributed by atoms with Crippen LogP contribution in [0.4, 0.5) is 11.4 Å². The van der Waals surface area contributed by atoms with Crippen molar-refractivity contribution in [3.8, 4) is 11.8 Å². The third kappa shape index (κ3) is 4.52. The summed E-state index contributed by atoms with van der Waals surface area (Å²) in [4.78, 5) is 16.7. The molecule has 1 aliphatic rings. The molecule has 0 bridgehead atoms. The highest BCUT2D eigenvalue weighted by Crippen LogP contribution is 2.20. The Morgan fingerprint density at radius 2 is 1.81 bits per heavy atom. The number of anilines is 2. The smallest absolute Gasteiger partial charge is 0.262 e. The van der Waals surface area contributed by atoms with Gasteiger partial charge in [0.05, 0.1) is 5.56 Å². The normalized spacial score (nSPS) is 14.5. The maximum atomic E-state index is 12.1.